The first kappa shape index (κ1) is 34.4. The molecular weight excluding hydrogens is 705 g/mol. The van der Waals surface area contributed by atoms with E-state index in [2.05, 4.69) is 34.6 Å². The minimum atomic E-state index is -4.71. The van der Waals surface area contributed by atoms with E-state index in [0.717, 1.165) is 46.4 Å². The number of pyridine rings is 1. The van der Waals surface area contributed by atoms with Crippen LogP contribution in [0.15, 0.2) is 109 Å². The molecule has 4 aromatic carbocycles. The average Bonchev–Trinajstić information content (AvgIpc) is 3.69. The molecule has 2 aliphatic heterocycles. The average molecular weight is 737 g/mol. The topological polar surface area (TPSA) is 91.8 Å². The maximum Gasteiger partial charge on any atom is 0.417 e. The Labute approximate surface area is 308 Å². The first-order valence-corrected chi connectivity index (χ1v) is 17.6. The Hall–Kier alpha value is -5.68. The molecule has 1 unspecified atom stereocenters. The smallest absolute Gasteiger partial charge is 0.417 e. The van der Waals surface area contributed by atoms with Gasteiger partial charge in [0.2, 0.25) is 0 Å². The van der Waals surface area contributed by atoms with Gasteiger partial charge in [0, 0.05) is 41.5 Å². The Bertz CT molecular complexity index is 2200. The van der Waals surface area contributed by atoms with Crippen molar-refractivity contribution in [1.82, 2.24) is 9.88 Å². The number of hydrogen-bond donors (Lipinski definition) is 1. The summed E-state index contributed by atoms with van der Waals surface area (Å²) in [6.07, 6.45) is -2.54. The van der Waals surface area contributed by atoms with E-state index in [1.165, 1.54) is 30.5 Å². The van der Waals surface area contributed by atoms with Gasteiger partial charge in [0.05, 0.1) is 22.7 Å². The third-order valence-electron chi connectivity index (χ3n) is 10.4. The standard InChI is InChI=1S/C41H32ClF3N4O4/c42-26-14-15-35-32(21-26)37-24(18-20-49(37)40(52)53-23-33-29-9-3-1-7-27(29)28-8-2-4-10-30(28)33)17-19-48(35)39(51)25-13-16-36(46-22-25)47-38(50)31-11-5-6-12-34(31)41(43,44)45/h1-16,21-22,24,33,37H,17-20,23H2,(H,46,47,50)/t24?,37-/m0/s1. The van der Waals surface area contributed by atoms with Gasteiger partial charge >= 0.3 is 12.3 Å². The number of likely N-dealkylation sites (tertiary alicyclic amines) is 1. The molecule has 5 aromatic rings. The monoisotopic (exact) mass is 736 g/mol. The molecule has 0 bridgehead atoms. The van der Waals surface area contributed by atoms with Crippen molar-refractivity contribution in [3.05, 3.63) is 148 Å². The number of nitrogens with one attached hydrogen (secondary N) is 1. The van der Waals surface area contributed by atoms with Crippen molar-refractivity contribution >= 4 is 41.0 Å². The van der Waals surface area contributed by atoms with Crippen LogP contribution < -0.4 is 10.2 Å². The summed E-state index contributed by atoms with van der Waals surface area (Å²) >= 11 is 6.53. The fraction of sp³-hybridized carbons (Fsp3) is 0.220. The zero-order valence-corrected chi connectivity index (χ0v) is 28.9. The van der Waals surface area contributed by atoms with Crippen molar-refractivity contribution in [1.29, 1.82) is 0 Å². The number of carbonyl (C=O) groups is 3. The van der Waals surface area contributed by atoms with Crippen molar-refractivity contribution < 1.29 is 32.3 Å². The van der Waals surface area contributed by atoms with Gasteiger partial charge in [-0.05, 0) is 83.5 Å². The van der Waals surface area contributed by atoms with Gasteiger partial charge in [-0.2, -0.15) is 13.2 Å². The fourth-order valence-corrected chi connectivity index (χ4v) is 8.14. The number of anilines is 2. The van der Waals surface area contributed by atoms with E-state index in [4.69, 9.17) is 16.3 Å². The largest absolute Gasteiger partial charge is 0.448 e. The van der Waals surface area contributed by atoms with Crippen LogP contribution in [0.5, 0.6) is 0 Å². The lowest BCUT2D eigenvalue weighted by Crippen LogP contribution is -2.34. The number of amides is 3. The van der Waals surface area contributed by atoms with Gasteiger partial charge in [0.1, 0.15) is 12.4 Å². The lowest BCUT2D eigenvalue weighted by molar-refractivity contribution is -0.137. The molecule has 1 aliphatic carbocycles. The summed E-state index contributed by atoms with van der Waals surface area (Å²) in [5.41, 5.74) is 4.47. The van der Waals surface area contributed by atoms with Gasteiger partial charge in [-0.25, -0.2) is 9.78 Å². The summed E-state index contributed by atoms with van der Waals surface area (Å²) in [6, 6.07) is 28.5. The third-order valence-corrected chi connectivity index (χ3v) is 10.6. The summed E-state index contributed by atoms with van der Waals surface area (Å²) in [4.78, 5) is 48.2. The lowest BCUT2D eigenvalue weighted by Gasteiger charge is -2.29. The Morgan fingerprint density at radius 2 is 1.51 bits per heavy atom. The molecule has 1 fully saturated rings. The number of benzene rings is 4. The normalized spacial score (nSPS) is 17.7. The zero-order chi connectivity index (χ0) is 36.9. The van der Waals surface area contributed by atoms with E-state index in [1.54, 1.807) is 28.0 Å². The van der Waals surface area contributed by atoms with E-state index in [9.17, 15) is 27.6 Å². The SMILES string of the molecule is O=C(Nc1ccc(C(=O)N2CCC3CCN(C(=O)OCC4c5ccccc5-c5ccccc54)[C@@H]3c3cc(Cl)ccc32)cn1)c1ccccc1C(F)(F)F. The molecule has 1 saturated heterocycles. The highest BCUT2D eigenvalue weighted by Crippen LogP contribution is 2.48. The second-order valence-corrected chi connectivity index (χ2v) is 13.8. The predicted octanol–water partition coefficient (Wildman–Crippen LogP) is 9.37. The number of fused-ring (bicyclic) bond motifs is 6. The van der Waals surface area contributed by atoms with E-state index >= 15 is 0 Å². The van der Waals surface area contributed by atoms with Crippen molar-refractivity contribution in [2.75, 3.05) is 29.9 Å². The molecule has 8 nitrogen and oxygen atoms in total. The van der Waals surface area contributed by atoms with Gasteiger partial charge < -0.3 is 19.9 Å². The second kappa shape index (κ2) is 13.7. The first-order valence-electron chi connectivity index (χ1n) is 17.2. The fourth-order valence-electron chi connectivity index (χ4n) is 7.96. The van der Waals surface area contributed by atoms with Crippen LogP contribution >= 0.6 is 11.6 Å². The van der Waals surface area contributed by atoms with Crippen LogP contribution in [0.25, 0.3) is 11.1 Å². The number of hydrogen-bond acceptors (Lipinski definition) is 5. The van der Waals surface area contributed by atoms with Gasteiger partial charge in [-0.1, -0.05) is 72.3 Å². The summed E-state index contributed by atoms with van der Waals surface area (Å²) < 4.78 is 46.5. The van der Waals surface area contributed by atoms with E-state index in [0.29, 0.717) is 30.2 Å². The van der Waals surface area contributed by atoms with Crippen LogP contribution in [0, 0.1) is 5.92 Å². The molecule has 1 aromatic heterocycles. The van der Waals surface area contributed by atoms with E-state index < -0.39 is 29.3 Å². The Balaban J connectivity index is 1.00. The van der Waals surface area contributed by atoms with Crippen LogP contribution in [0.1, 0.15) is 67.8 Å². The second-order valence-electron chi connectivity index (χ2n) is 13.4. The molecule has 53 heavy (non-hydrogen) atoms. The van der Waals surface area contributed by atoms with Crippen LogP contribution in [0.2, 0.25) is 5.02 Å². The molecular formula is C41H32ClF3N4O4. The number of carbonyl (C=O) groups excluding carboxylic acids is 3. The molecule has 268 valence electrons. The molecule has 2 atom stereocenters. The predicted molar refractivity (Wildman–Crippen MR) is 194 cm³/mol. The summed E-state index contributed by atoms with van der Waals surface area (Å²) in [5.74, 6) is -1.40. The van der Waals surface area contributed by atoms with Gasteiger partial charge in [-0.15, -0.1) is 0 Å². The molecule has 3 heterocycles. The number of nitrogens with zero attached hydrogens (tertiary/aromatic N) is 3. The number of ether oxygens (including phenoxy) is 1. The maximum absolute atomic E-state index is 14.0. The molecule has 0 spiro atoms. The molecule has 1 N–H and O–H groups in total. The van der Waals surface area contributed by atoms with Crippen molar-refractivity contribution in [3.8, 4) is 11.1 Å². The van der Waals surface area contributed by atoms with Crippen molar-refractivity contribution in [3.63, 3.8) is 0 Å². The Morgan fingerprint density at radius 3 is 2.21 bits per heavy atom. The third kappa shape index (κ3) is 6.39. The maximum atomic E-state index is 14.0. The Morgan fingerprint density at radius 1 is 0.830 bits per heavy atom. The molecule has 3 aliphatic rings. The number of rotatable bonds is 5. The van der Waals surface area contributed by atoms with Crippen LogP contribution in [0.3, 0.4) is 0 Å². The quantitative estimate of drug-likeness (QED) is 0.194. The van der Waals surface area contributed by atoms with Gasteiger partial charge in [-0.3, -0.25) is 9.59 Å². The minimum absolute atomic E-state index is 0.0140. The van der Waals surface area contributed by atoms with Crippen molar-refractivity contribution in [2.24, 2.45) is 5.92 Å². The Kier molecular flexibility index (Phi) is 8.90. The van der Waals surface area contributed by atoms with Crippen LogP contribution in [0.4, 0.5) is 29.5 Å². The van der Waals surface area contributed by atoms with E-state index in [-0.39, 0.29) is 41.8 Å². The summed E-state index contributed by atoms with van der Waals surface area (Å²) in [5, 5.41) is 2.85. The highest BCUT2D eigenvalue weighted by molar-refractivity contribution is 6.30. The lowest BCUT2D eigenvalue weighted by atomic mass is 9.92. The summed E-state index contributed by atoms with van der Waals surface area (Å²) in [6.45, 7) is 1.04. The van der Waals surface area contributed by atoms with Gasteiger partial charge in [0.15, 0.2) is 0 Å². The molecule has 3 amide bonds. The number of halogens is 4. The molecule has 12 heteroatoms. The number of alkyl halides is 3. The van der Waals surface area contributed by atoms with E-state index in [1.807, 2.05) is 24.3 Å². The van der Waals surface area contributed by atoms with Crippen molar-refractivity contribution in [2.45, 2.75) is 31.0 Å². The summed E-state index contributed by atoms with van der Waals surface area (Å²) in [7, 11) is 0. The zero-order valence-electron chi connectivity index (χ0n) is 28.1. The molecule has 0 saturated carbocycles. The molecule has 0 radical (unpaired) electrons. The first-order chi connectivity index (χ1) is 25.6. The minimum Gasteiger partial charge on any atom is -0.448 e. The van der Waals surface area contributed by atoms with Crippen LogP contribution in [-0.4, -0.2) is 47.5 Å². The van der Waals surface area contributed by atoms with Gasteiger partial charge in [0.25, 0.3) is 11.8 Å². The highest BCUT2D eigenvalue weighted by atomic mass is 35.5. The van der Waals surface area contributed by atoms with Crippen LogP contribution in [-0.2, 0) is 10.9 Å². The number of aromatic nitrogens is 1. The highest BCUT2D eigenvalue weighted by Gasteiger charge is 2.44. The molecule has 8 rings (SSSR count).